The maximum Gasteiger partial charge on any atom is 0.121 e. The van der Waals surface area contributed by atoms with Gasteiger partial charge in [-0.3, -0.25) is 0 Å². The summed E-state index contributed by atoms with van der Waals surface area (Å²) in [6, 6.07) is 16.1. The first-order chi connectivity index (χ1) is 8.74. The number of hydrogen-bond donors (Lipinski definition) is 1. The lowest BCUT2D eigenvalue weighted by atomic mass is 10.2. The quantitative estimate of drug-likeness (QED) is 0.504. The predicted molar refractivity (Wildman–Crippen MR) is 78.3 cm³/mol. The molecule has 0 radical (unpaired) electrons. The van der Waals surface area contributed by atoms with Crippen LogP contribution in [0.4, 0.5) is 5.69 Å². The molecule has 2 aromatic rings. The maximum absolute atomic E-state index is 5.68. The fourth-order valence-electron chi connectivity index (χ4n) is 1.56. The molecule has 2 aromatic carbocycles. The van der Waals surface area contributed by atoms with Gasteiger partial charge in [0.2, 0.25) is 0 Å². The average Bonchev–Trinajstić information content (AvgIpc) is 2.37. The minimum Gasteiger partial charge on any atom is -0.493 e. The molecule has 0 aromatic heterocycles. The molecule has 0 saturated carbocycles. The molecule has 2 nitrogen and oxygen atoms in total. The van der Waals surface area contributed by atoms with Crippen LogP contribution < -0.4 is 10.5 Å². The Balaban J connectivity index is 1.74. The van der Waals surface area contributed by atoms with Crippen molar-refractivity contribution in [3.63, 3.8) is 0 Å². The van der Waals surface area contributed by atoms with Crippen LogP contribution in [-0.2, 0) is 0 Å². The van der Waals surface area contributed by atoms with Crippen LogP contribution in [0.25, 0.3) is 0 Å². The van der Waals surface area contributed by atoms with Crippen molar-refractivity contribution in [1.29, 1.82) is 0 Å². The zero-order chi connectivity index (χ0) is 12.8. The number of thioether (sulfide) groups is 1. The van der Waals surface area contributed by atoms with Crippen molar-refractivity contribution in [2.75, 3.05) is 18.1 Å². The fourth-order valence-corrected chi connectivity index (χ4v) is 2.29. The van der Waals surface area contributed by atoms with Crippen molar-refractivity contribution in [2.45, 2.75) is 11.8 Å². The highest BCUT2D eigenvalue weighted by molar-refractivity contribution is 7.99. The number of anilines is 1. The van der Waals surface area contributed by atoms with Gasteiger partial charge >= 0.3 is 0 Å². The van der Waals surface area contributed by atoms with E-state index in [1.807, 2.05) is 24.3 Å². The van der Waals surface area contributed by atoms with Gasteiger partial charge in [-0.2, -0.15) is 0 Å². The lowest BCUT2D eigenvalue weighted by molar-refractivity contribution is 0.344. The zero-order valence-electron chi connectivity index (χ0n) is 10.4. The second kappa shape index (κ2) is 6.36. The smallest absolute Gasteiger partial charge is 0.121 e. The van der Waals surface area contributed by atoms with Crippen LogP contribution in [-0.4, -0.2) is 12.4 Å². The third-order valence-electron chi connectivity index (χ3n) is 2.50. The number of nitrogen functional groups attached to an aromatic ring is 1. The third kappa shape index (κ3) is 4.00. The molecule has 0 unspecified atom stereocenters. The molecule has 0 heterocycles. The van der Waals surface area contributed by atoms with Gasteiger partial charge in [-0.25, -0.2) is 0 Å². The number of hydrogen-bond acceptors (Lipinski definition) is 3. The molecule has 0 aliphatic heterocycles. The maximum atomic E-state index is 5.68. The Morgan fingerprint density at radius 3 is 2.61 bits per heavy atom. The number of rotatable bonds is 5. The van der Waals surface area contributed by atoms with Crippen LogP contribution in [0.1, 0.15) is 5.56 Å². The second-order valence-corrected chi connectivity index (χ2v) is 5.25. The van der Waals surface area contributed by atoms with Crippen LogP contribution in [0, 0.1) is 6.92 Å². The fraction of sp³-hybridized carbons (Fsp3) is 0.200. The van der Waals surface area contributed by atoms with Gasteiger partial charge in [0.15, 0.2) is 0 Å². The predicted octanol–water partition coefficient (Wildman–Crippen LogP) is 3.75. The summed E-state index contributed by atoms with van der Waals surface area (Å²) < 4.78 is 5.63. The topological polar surface area (TPSA) is 35.2 Å². The Morgan fingerprint density at radius 1 is 1.11 bits per heavy atom. The van der Waals surface area contributed by atoms with E-state index < -0.39 is 0 Å². The van der Waals surface area contributed by atoms with Gasteiger partial charge in [-0.05, 0) is 31.2 Å². The first kappa shape index (κ1) is 12.8. The molecule has 3 heteroatoms. The number of nitrogens with two attached hydrogens (primary N) is 1. The van der Waals surface area contributed by atoms with E-state index in [1.165, 1.54) is 10.5 Å². The summed E-state index contributed by atoms with van der Waals surface area (Å²) in [5.41, 5.74) is 7.71. The van der Waals surface area contributed by atoms with E-state index in [-0.39, 0.29) is 0 Å². The average molecular weight is 259 g/mol. The highest BCUT2D eigenvalue weighted by Gasteiger charge is 1.96. The van der Waals surface area contributed by atoms with Crippen LogP contribution in [0.2, 0.25) is 0 Å². The van der Waals surface area contributed by atoms with Crippen molar-refractivity contribution in [3.05, 3.63) is 54.1 Å². The summed E-state index contributed by atoms with van der Waals surface area (Å²) in [5, 5.41) is 0. The van der Waals surface area contributed by atoms with Gasteiger partial charge in [0.1, 0.15) is 5.75 Å². The van der Waals surface area contributed by atoms with Gasteiger partial charge in [0.25, 0.3) is 0 Å². The van der Waals surface area contributed by atoms with Gasteiger partial charge in [0.05, 0.1) is 6.61 Å². The molecule has 0 atom stereocenters. The van der Waals surface area contributed by atoms with E-state index in [0.717, 1.165) is 17.2 Å². The Kier molecular flexibility index (Phi) is 4.53. The van der Waals surface area contributed by atoms with Crippen LogP contribution in [0.5, 0.6) is 5.75 Å². The van der Waals surface area contributed by atoms with Gasteiger partial charge in [-0.15, -0.1) is 11.8 Å². The highest BCUT2D eigenvalue weighted by atomic mass is 32.2. The van der Waals surface area contributed by atoms with Gasteiger partial charge < -0.3 is 10.5 Å². The lowest BCUT2D eigenvalue weighted by Crippen LogP contribution is -2.00. The summed E-state index contributed by atoms with van der Waals surface area (Å²) in [7, 11) is 0. The molecular weight excluding hydrogens is 242 g/mol. The van der Waals surface area contributed by atoms with E-state index in [0.29, 0.717) is 6.61 Å². The zero-order valence-corrected chi connectivity index (χ0v) is 11.2. The molecule has 0 spiro atoms. The highest BCUT2D eigenvalue weighted by Crippen LogP contribution is 2.19. The minimum atomic E-state index is 0.683. The Hall–Kier alpha value is -1.61. The first-order valence-electron chi connectivity index (χ1n) is 5.92. The molecular formula is C15H17NOS. The standard InChI is InChI=1S/C15H17NOS/c1-12-5-7-15(8-6-12)18-10-9-17-14-4-2-3-13(16)11-14/h2-8,11H,9-10,16H2,1H3. The van der Waals surface area contributed by atoms with E-state index >= 15 is 0 Å². The summed E-state index contributed by atoms with van der Waals surface area (Å²) >= 11 is 1.80. The molecule has 0 bridgehead atoms. The Bertz CT molecular complexity index is 496. The summed E-state index contributed by atoms with van der Waals surface area (Å²) in [4.78, 5) is 1.27. The van der Waals surface area contributed by atoms with E-state index in [4.69, 9.17) is 10.5 Å². The molecule has 0 aliphatic rings. The van der Waals surface area contributed by atoms with Crippen molar-refractivity contribution in [1.82, 2.24) is 0 Å². The van der Waals surface area contributed by atoms with Crippen LogP contribution in [0.3, 0.4) is 0 Å². The van der Waals surface area contributed by atoms with Crippen molar-refractivity contribution < 1.29 is 4.74 Å². The van der Waals surface area contributed by atoms with E-state index in [1.54, 1.807) is 11.8 Å². The van der Waals surface area contributed by atoms with Crippen LogP contribution >= 0.6 is 11.8 Å². The van der Waals surface area contributed by atoms with Crippen LogP contribution in [0.15, 0.2) is 53.4 Å². The molecule has 18 heavy (non-hydrogen) atoms. The van der Waals surface area contributed by atoms with Crippen molar-refractivity contribution >= 4 is 17.4 Å². The van der Waals surface area contributed by atoms with Crippen molar-refractivity contribution in [3.8, 4) is 5.75 Å². The molecule has 0 amide bonds. The van der Waals surface area contributed by atoms with Gasteiger partial charge in [-0.1, -0.05) is 23.8 Å². The number of aryl methyl sites for hydroxylation is 1. The van der Waals surface area contributed by atoms with E-state index in [9.17, 15) is 0 Å². The SMILES string of the molecule is Cc1ccc(SCCOc2cccc(N)c2)cc1. The Labute approximate surface area is 112 Å². The molecule has 0 aliphatic carbocycles. The van der Waals surface area contributed by atoms with Gasteiger partial charge in [0, 0.05) is 22.4 Å². The molecule has 0 fully saturated rings. The minimum absolute atomic E-state index is 0.683. The number of benzene rings is 2. The lowest BCUT2D eigenvalue weighted by Gasteiger charge is -2.06. The molecule has 94 valence electrons. The van der Waals surface area contributed by atoms with Crippen molar-refractivity contribution in [2.24, 2.45) is 0 Å². The molecule has 0 saturated heterocycles. The Morgan fingerprint density at radius 2 is 1.89 bits per heavy atom. The second-order valence-electron chi connectivity index (χ2n) is 4.08. The largest absolute Gasteiger partial charge is 0.493 e. The monoisotopic (exact) mass is 259 g/mol. The third-order valence-corrected chi connectivity index (χ3v) is 3.48. The molecule has 2 N–H and O–H groups in total. The normalized spacial score (nSPS) is 10.3. The summed E-state index contributed by atoms with van der Waals surface area (Å²) in [6.45, 7) is 2.78. The molecule has 2 rings (SSSR count). The summed E-state index contributed by atoms with van der Waals surface area (Å²) in [5.74, 6) is 1.76. The first-order valence-corrected chi connectivity index (χ1v) is 6.90. The van der Waals surface area contributed by atoms with E-state index in [2.05, 4.69) is 31.2 Å². The summed E-state index contributed by atoms with van der Waals surface area (Å²) in [6.07, 6.45) is 0. The number of ether oxygens (including phenoxy) is 1.